The number of hydrogen-bond donors (Lipinski definition) is 1. The van der Waals surface area contributed by atoms with E-state index < -0.39 is 11.9 Å². The van der Waals surface area contributed by atoms with Gasteiger partial charge in [0.1, 0.15) is 5.70 Å². The smallest absolute Gasteiger partial charge is 0.355 e. The van der Waals surface area contributed by atoms with Gasteiger partial charge in [-0.15, -0.1) is 0 Å². The second kappa shape index (κ2) is 7.10. The lowest BCUT2D eigenvalue weighted by Crippen LogP contribution is -2.27. The molecule has 132 valence electrons. The maximum absolute atomic E-state index is 12.4. The number of nitrogens with zero attached hydrogens (tertiary/aromatic N) is 1. The van der Waals surface area contributed by atoms with E-state index in [4.69, 9.17) is 9.47 Å². The number of carbonyl (C=O) groups excluding carboxylic acids is 2. The molecule has 0 fully saturated rings. The number of aromatic amines is 1. The fourth-order valence-corrected chi connectivity index (χ4v) is 2.69. The van der Waals surface area contributed by atoms with Crippen LogP contribution in [0, 0.1) is 0 Å². The Balaban J connectivity index is 2.24. The first-order valence-electron chi connectivity index (χ1n) is 7.73. The maximum atomic E-state index is 12.4. The predicted octanol–water partition coefficient (Wildman–Crippen LogP) is 2.02. The molecule has 0 saturated carbocycles. The molecule has 1 aliphatic heterocycles. The first-order chi connectivity index (χ1) is 12.6. The number of carbonyl (C=O) groups is 2. The zero-order valence-electron chi connectivity index (χ0n) is 14.2. The van der Waals surface area contributed by atoms with Crippen molar-refractivity contribution in [3.8, 4) is 0 Å². The fraction of sp³-hybridized carbons (Fsp3) is 0.105. The van der Waals surface area contributed by atoms with Crippen LogP contribution in [0.25, 0.3) is 10.8 Å². The van der Waals surface area contributed by atoms with Crippen molar-refractivity contribution < 1.29 is 19.1 Å². The molecule has 1 aromatic carbocycles. The van der Waals surface area contributed by atoms with Gasteiger partial charge in [0.05, 0.1) is 19.8 Å². The monoisotopic (exact) mass is 352 g/mol. The summed E-state index contributed by atoms with van der Waals surface area (Å²) >= 11 is 0. The molecule has 1 aromatic heterocycles. The highest BCUT2D eigenvalue weighted by Crippen LogP contribution is 2.28. The van der Waals surface area contributed by atoms with Crippen molar-refractivity contribution in [2.24, 2.45) is 0 Å². The Bertz CT molecular complexity index is 1030. The molecule has 0 bridgehead atoms. The summed E-state index contributed by atoms with van der Waals surface area (Å²) in [5, 5.41) is 1.21. The van der Waals surface area contributed by atoms with Crippen molar-refractivity contribution in [3.63, 3.8) is 0 Å². The Hall–Kier alpha value is -3.61. The quantitative estimate of drug-likeness (QED) is 0.850. The molecule has 7 nitrogen and oxygen atoms in total. The lowest BCUT2D eigenvalue weighted by Gasteiger charge is -2.23. The fourth-order valence-electron chi connectivity index (χ4n) is 2.69. The summed E-state index contributed by atoms with van der Waals surface area (Å²) in [5.41, 5.74) is 0.316. The Labute approximate surface area is 148 Å². The van der Waals surface area contributed by atoms with Crippen LogP contribution in [0.2, 0.25) is 0 Å². The van der Waals surface area contributed by atoms with Gasteiger partial charge in [-0.05, 0) is 35.7 Å². The average molecular weight is 352 g/mol. The molecule has 26 heavy (non-hydrogen) atoms. The zero-order valence-corrected chi connectivity index (χ0v) is 14.2. The second-order valence-electron chi connectivity index (χ2n) is 5.39. The van der Waals surface area contributed by atoms with E-state index in [0.717, 1.165) is 5.39 Å². The Morgan fingerprint density at radius 3 is 2.54 bits per heavy atom. The number of rotatable bonds is 3. The zero-order chi connectivity index (χ0) is 18.7. The van der Waals surface area contributed by atoms with Gasteiger partial charge in [0.2, 0.25) is 0 Å². The molecule has 0 atom stereocenters. The largest absolute Gasteiger partial charge is 0.465 e. The summed E-state index contributed by atoms with van der Waals surface area (Å²) in [6.07, 6.45) is 7.93. The van der Waals surface area contributed by atoms with Crippen LogP contribution in [-0.4, -0.2) is 31.1 Å². The van der Waals surface area contributed by atoms with E-state index in [1.54, 1.807) is 48.8 Å². The number of anilines is 1. The van der Waals surface area contributed by atoms with Crippen molar-refractivity contribution >= 4 is 28.4 Å². The van der Waals surface area contributed by atoms with Crippen molar-refractivity contribution in [2.75, 3.05) is 19.1 Å². The number of hydrogen-bond acceptors (Lipinski definition) is 6. The number of esters is 2. The Morgan fingerprint density at radius 1 is 1.04 bits per heavy atom. The third kappa shape index (κ3) is 3.02. The summed E-state index contributed by atoms with van der Waals surface area (Å²) in [6.45, 7) is 0. The van der Waals surface area contributed by atoms with Crippen molar-refractivity contribution in [1.82, 2.24) is 4.98 Å². The van der Waals surface area contributed by atoms with Crippen molar-refractivity contribution in [2.45, 2.75) is 0 Å². The van der Waals surface area contributed by atoms with E-state index >= 15 is 0 Å². The number of ether oxygens (including phenoxy) is 2. The summed E-state index contributed by atoms with van der Waals surface area (Å²) in [6, 6.07) is 6.92. The van der Waals surface area contributed by atoms with Crippen LogP contribution in [0.4, 0.5) is 5.69 Å². The van der Waals surface area contributed by atoms with Crippen LogP contribution in [-0.2, 0) is 19.1 Å². The standard InChI is InChI=1S/C19H16N2O5/c1-25-18(23)14-5-3-4-10-21(16(14)19(24)26-2)13-7-6-12-8-9-20-17(22)15(12)11-13/h3-11H,1-2H3,(H,20,22). The number of allylic oxidation sites excluding steroid dienone is 2. The van der Waals surface area contributed by atoms with Gasteiger partial charge in [0.15, 0.2) is 0 Å². The van der Waals surface area contributed by atoms with E-state index in [2.05, 4.69) is 4.98 Å². The third-order valence-electron chi connectivity index (χ3n) is 3.93. The van der Waals surface area contributed by atoms with Gasteiger partial charge in [0, 0.05) is 23.5 Å². The van der Waals surface area contributed by atoms with Crippen LogP contribution in [0.15, 0.2) is 71.0 Å². The first-order valence-corrected chi connectivity index (χ1v) is 7.73. The van der Waals surface area contributed by atoms with Crippen LogP contribution in [0.1, 0.15) is 0 Å². The summed E-state index contributed by atoms with van der Waals surface area (Å²) in [5.74, 6) is -1.38. The lowest BCUT2D eigenvalue weighted by molar-refractivity contribution is -0.139. The molecule has 0 radical (unpaired) electrons. The van der Waals surface area contributed by atoms with E-state index in [-0.39, 0.29) is 16.8 Å². The van der Waals surface area contributed by atoms with E-state index in [0.29, 0.717) is 11.1 Å². The van der Waals surface area contributed by atoms with Gasteiger partial charge in [-0.25, -0.2) is 9.59 Å². The number of H-pyrrole nitrogens is 1. The van der Waals surface area contributed by atoms with Crippen LogP contribution >= 0.6 is 0 Å². The molecule has 7 heteroatoms. The van der Waals surface area contributed by atoms with Gasteiger partial charge in [-0.1, -0.05) is 12.1 Å². The molecule has 2 heterocycles. The number of methoxy groups -OCH3 is 2. The van der Waals surface area contributed by atoms with Gasteiger partial charge < -0.3 is 19.4 Å². The van der Waals surface area contributed by atoms with Crippen molar-refractivity contribution in [3.05, 3.63) is 76.5 Å². The minimum Gasteiger partial charge on any atom is -0.465 e. The van der Waals surface area contributed by atoms with E-state index in [1.165, 1.54) is 25.2 Å². The van der Waals surface area contributed by atoms with Crippen LogP contribution in [0.3, 0.4) is 0 Å². The molecule has 0 spiro atoms. The van der Waals surface area contributed by atoms with Gasteiger partial charge in [-0.2, -0.15) is 0 Å². The minimum atomic E-state index is -0.705. The minimum absolute atomic E-state index is 0.00365. The molecular formula is C19H16N2O5. The maximum Gasteiger partial charge on any atom is 0.355 e. The highest BCUT2D eigenvalue weighted by atomic mass is 16.5. The Kier molecular flexibility index (Phi) is 4.70. The lowest BCUT2D eigenvalue weighted by atomic mass is 10.1. The van der Waals surface area contributed by atoms with Gasteiger partial charge >= 0.3 is 11.9 Å². The van der Waals surface area contributed by atoms with E-state index in [1.807, 2.05) is 0 Å². The first kappa shape index (κ1) is 17.2. The average Bonchev–Trinajstić information content (AvgIpc) is 2.90. The number of pyridine rings is 1. The number of fused-ring (bicyclic) bond motifs is 1. The topological polar surface area (TPSA) is 88.7 Å². The summed E-state index contributed by atoms with van der Waals surface area (Å²) < 4.78 is 9.63. The molecular weight excluding hydrogens is 336 g/mol. The normalized spacial score (nSPS) is 13.7. The number of nitrogens with one attached hydrogen (secondary N) is 1. The molecule has 0 amide bonds. The van der Waals surface area contributed by atoms with Crippen molar-refractivity contribution in [1.29, 1.82) is 0 Å². The Morgan fingerprint density at radius 2 is 1.81 bits per heavy atom. The highest BCUT2D eigenvalue weighted by Gasteiger charge is 2.27. The third-order valence-corrected chi connectivity index (χ3v) is 3.93. The van der Waals surface area contributed by atoms with Gasteiger partial charge in [-0.3, -0.25) is 4.79 Å². The highest BCUT2D eigenvalue weighted by molar-refractivity contribution is 6.05. The predicted molar refractivity (Wildman–Crippen MR) is 96.4 cm³/mol. The van der Waals surface area contributed by atoms with E-state index in [9.17, 15) is 14.4 Å². The van der Waals surface area contributed by atoms with Gasteiger partial charge in [0.25, 0.3) is 5.56 Å². The molecule has 0 saturated heterocycles. The SMILES string of the molecule is COC(=O)C1=C(C(=O)OC)N(c2ccc3cc[nH]c(=O)c3c2)C=CC=C1. The summed E-state index contributed by atoms with van der Waals surface area (Å²) in [4.78, 5) is 40.7. The van der Waals surface area contributed by atoms with Crippen LogP contribution < -0.4 is 10.5 Å². The molecule has 1 aliphatic rings. The molecule has 1 N–H and O–H groups in total. The second-order valence-corrected chi connectivity index (χ2v) is 5.39. The number of benzene rings is 1. The number of aromatic nitrogens is 1. The molecule has 0 aliphatic carbocycles. The summed E-state index contributed by atoms with van der Waals surface area (Å²) in [7, 11) is 2.46. The molecule has 2 aromatic rings. The molecule has 3 rings (SSSR count). The van der Waals surface area contributed by atoms with Crippen LogP contribution in [0.5, 0.6) is 0 Å². The molecule has 0 unspecified atom stereocenters.